The van der Waals surface area contributed by atoms with E-state index >= 15 is 0 Å². The topological polar surface area (TPSA) is 59.6 Å². The van der Waals surface area contributed by atoms with Crippen molar-refractivity contribution in [1.29, 1.82) is 0 Å². The van der Waals surface area contributed by atoms with Crippen LogP contribution < -0.4 is 15.8 Å². The van der Waals surface area contributed by atoms with Gasteiger partial charge < -0.3 is 15.8 Å². The lowest BCUT2D eigenvalue weighted by atomic mass is 10.2. The number of hydrogen-bond donors (Lipinski definition) is 2. The fraction of sp³-hybridized carbons (Fsp3) is 0.278. The second kappa shape index (κ2) is 8.17. The molecule has 0 aliphatic rings. The number of hydrogen-bond acceptors (Lipinski definition) is 2. The Labute approximate surface area is 136 Å². The molecular weight excluding hydrogens is 293 g/mol. The van der Waals surface area contributed by atoms with Gasteiger partial charge in [-0.1, -0.05) is 36.8 Å². The molecule has 5 heteroatoms. The molecule has 0 fully saturated rings. The fourth-order valence-corrected chi connectivity index (χ4v) is 1.99. The second-order valence-electron chi connectivity index (χ2n) is 5.30. The number of ether oxygens (including phenoxy) is 1. The average Bonchev–Trinajstić information content (AvgIpc) is 2.55. The maximum absolute atomic E-state index is 13.6. The van der Waals surface area contributed by atoms with Gasteiger partial charge in [0, 0.05) is 5.69 Å². The normalized spacial score (nSPS) is 12.7. The van der Waals surface area contributed by atoms with Crippen LogP contribution in [0.1, 0.15) is 18.9 Å². The number of para-hydroxylation sites is 1. The molecule has 0 aliphatic carbocycles. The molecule has 0 heterocycles. The molecule has 0 spiro atoms. The van der Waals surface area contributed by atoms with Gasteiger partial charge in [0.2, 0.25) is 0 Å². The number of halogens is 1. The third-order valence-corrected chi connectivity index (χ3v) is 3.37. The number of guanidine groups is 1. The van der Waals surface area contributed by atoms with Crippen LogP contribution in [0.2, 0.25) is 0 Å². The van der Waals surface area contributed by atoms with Gasteiger partial charge in [-0.25, -0.2) is 9.38 Å². The monoisotopic (exact) mass is 315 g/mol. The third kappa shape index (κ3) is 5.29. The number of anilines is 1. The summed E-state index contributed by atoms with van der Waals surface area (Å²) in [5.74, 6) is 0.171. The molecule has 0 bridgehead atoms. The van der Waals surface area contributed by atoms with Crippen molar-refractivity contribution in [2.45, 2.75) is 26.4 Å². The molecule has 2 aromatic carbocycles. The van der Waals surface area contributed by atoms with Crippen LogP contribution in [-0.4, -0.2) is 18.6 Å². The summed E-state index contributed by atoms with van der Waals surface area (Å²) in [4.78, 5) is 4.27. The predicted octanol–water partition coefficient (Wildman–Crippen LogP) is 3.72. The van der Waals surface area contributed by atoms with E-state index in [1.807, 2.05) is 38.1 Å². The molecule has 0 aromatic heterocycles. The Bertz CT molecular complexity index is 656. The van der Waals surface area contributed by atoms with E-state index < -0.39 is 0 Å². The van der Waals surface area contributed by atoms with E-state index in [-0.39, 0.29) is 17.7 Å². The van der Waals surface area contributed by atoms with E-state index in [1.54, 1.807) is 18.2 Å². The zero-order chi connectivity index (χ0) is 16.7. The molecule has 4 nitrogen and oxygen atoms in total. The summed E-state index contributed by atoms with van der Waals surface area (Å²) in [7, 11) is 0. The minimum atomic E-state index is -0.374. The number of rotatable bonds is 6. The summed E-state index contributed by atoms with van der Waals surface area (Å²) >= 11 is 0. The van der Waals surface area contributed by atoms with Crippen LogP contribution in [0.3, 0.4) is 0 Å². The maximum Gasteiger partial charge on any atom is 0.193 e. The lowest BCUT2D eigenvalue weighted by Gasteiger charge is -2.16. The summed E-state index contributed by atoms with van der Waals surface area (Å²) in [5.41, 5.74) is 7.93. The third-order valence-electron chi connectivity index (χ3n) is 3.37. The molecule has 0 saturated heterocycles. The van der Waals surface area contributed by atoms with Crippen LogP contribution in [0.4, 0.5) is 10.1 Å². The first-order valence-corrected chi connectivity index (χ1v) is 7.63. The van der Waals surface area contributed by atoms with Gasteiger partial charge in [-0.15, -0.1) is 0 Å². The Morgan fingerprint density at radius 3 is 2.57 bits per heavy atom. The lowest BCUT2D eigenvalue weighted by molar-refractivity contribution is 0.197. The Kier molecular flexibility index (Phi) is 5.97. The zero-order valence-electron chi connectivity index (χ0n) is 13.4. The predicted molar refractivity (Wildman–Crippen MR) is 92.4 cm³/mol. The summed E-state index contributed by atoms with van der Waals surface area (Å²) in [6, 6.07) is 14.2. The smallest absolute Gasteiger partial charge is 0.193 e. The summed E-state index contributed by atoms with van der Waals surface area (Å²) in [6.45, 7) is 4.34. The fourth-order valence-electron chi connectivity index (χ4n) is 1.99. The molecule has 0 amide bonds. The Balaban J connectivity index is 1.93. The van der Waals surface area contributed by atoms with Crippen LogP contribution in [0.5, 0.6) is 5.75 Å². The Morgan fingerprint density at radius 2 is 1.91 bits per heavy atom. The minimum absolute atomic E-state index is 0.231. The van der Waals surface area contributed by atoms with E-state index in [2.05, 4.69) is 10.3 Å². The molecule has 0 aliphatic heterocycles. The maximum atomic E-state index is 13.6. The molecule has 0 radical (unpaired) electrons. The van der Waals surface area contributed by atoms with Crippen LogP contribution in [0, 0.1) is 12.7 Å². The second-order valence-corrected chi connectivity index (χ2v) is 5.30. The van der Waals surface area contributed by atoms with E-state index in [4.69, 9.17) is 10.5 Å². The van der Waals surface area contributed by atoms with E-state index in [9.17, 15) is 4.39 Å². The molecule has 2 rings (SSSR count). The summed E-state index contributed by atoms with van der Waals surface area (Å²) < 4.78 is 19.3. The van der Waals surface area contributed by atoms with Gasteiger partial charge in [0.25, 0.3) is 0 Å². The summed E-state index contributed by atoms with van der Waals surface area (Å²) in [5, 5.41) is 3.02. The van der Waals surface area contributed by atoms with E-state index in [0.717, 1.165) is 5.69 Å². The molecule has 3 N–H and O–H groups in total. The van der Waals surface area contributed by atoms with Crippen LogP contribution in [0.25, 0.3) is 0 Å². The van der Waals surface area contributed by atoms with Gasteiger partial charge in [-0.3, -0.25) is 0 Å². The van der Waals surface area contributed by atoms with Crippen molar-refractivity contribution < 1.29 is 9.13 Å². The first-order chi connectivity index (χ1) is 11.1. The van der Waals surface area contributed by atoms with Gasteiger partial charge >= 0.3 is 0 Å². The molecule has 0 saturated carbocycles. The number of nitrogens with two attached hydrogens (primary N) is 1. The highest BCUT2D eigenvalue weighted by atomic mass is 19.1. The molecule has 23 heavy (non-hydrogen) atoms. The van der Waals surface area contributed by atoms with E-state index in [0.29, 0.717) is 18.9 Å². The first-order valence-electron chi connectivity index (χ1n) is 7.63. The summed E-state index contributed by atoms with van der Waals surface area (Å²) in [6.07, 6.45) is 0.473. The average molecular weight is 315 g/mol. The van der Waals surface area contributed by atoms with Crippen molar-refractivity contribution in [3.63, 3.8) is 0 Å². The van der Waals surface area contributed by atoms with Gasteiger partial charge in [-0.2, -0.15) is 0 Å². The molecule has 1 atom stereocenters. The molecule has 2 aromatic rings. The van der Waals surface area contributed by atoms with Crippen molar-refractivity contribution in [2.75, 3.05) is 11.9 Å². The van der Waals surface area contributed by atoms with Crippen LogP contribution in [0.15, 0.2) is 53.5 Å². The van der Waals surface area contributed by atoms with Gasteiger partial charge in [-0.05, 0) is 37.6 Å². The van der Waals surface area contributed by atoms with E-state index in [1.165, 1.54) is 11.6 Å². The number of nitrogens with zero attached hydrogens (tertiary/aromatic N) is 1. The lowest BCUT2D eigenvalue weighted by Crippen LogP contribution is -2.26. The number of benzene rings is 2. The number of aryl methyl sites for hydroxylation is 1. The van der Waals surface area contributed by atoms with Crippen molar-refractivity contribution in [3.8, 4) is 5.75 Å². The van der Waals surface area contributed by atoms with Gasteiger partial charge in [0.05, 0.1) is 6.54 Å². The largest absolute Gasteiger partial charge is 0.485 e. The molecule has 122 valence electrons. The van der Waals surface area contributed by atoms with Crippen molar-refractivity contribution in [3.05, 3.63) is 59.9 Å². The highest BCUT2D eigenvalue weighted by Gasteiger charge is 2.10. The Hall–Kier alpha value is -2.56. The van der Waals surface area contributed by atoms with Crippen LogP contribution >= 0.6 is 0 Å². The highest BCUT2D eigenvalue weighted by molar-refractivity contribution is 5.92. The Morgan fingerprint density at radius 1 is 1.22 bits per heavy atom. The first kappa shape index (κ1) is 16.8. The number of aliphatic imine (C=N–C) groups is 1. The van der Waals surface area contributed by atoms with Crippen molar-refractivity contribution >= 4 is 11.6 Å². The molecular formula is C18H22FN3O. The van der Waals surface area contributed by atoms with Gasteiger partial charge in [0.15, 0.2) is 17.5 Å². The minimum Gasteiger partial charge on any atom is -0.485 e. The SMILES string of the molecule is CCC(CN=C(N)Nc1ccc(C)cc1)Oc1ccccc1F. The zero-order valence-corrected chi connectivity index (χ0v) is 13.4. The van der Waals surface area contributed by atoms with Gasteiger partial charge in [0.1, 0.15) is 6.10 Å². The number of nitrogens with one attached hydrogen (secondary N) is 1. The quantitative estimate of drug-likeness (QED) is 0.631. The van der Waals surface area contributed by atoms with Crippen LogP contribution in [-0.2, 0) is 0 Å². The highest BCUT2D eigenvalue weighted by Crippen LogP contribution is 2.18. The van der Waals surface area contributed by atoms with Crippen molar-refractivity contribution in [2.24, 2.45) is 10.7 Å². The van der Waals surface area contributed by atoms with Crippen molar-refractivity contribution in [1.82, 2.24) is 0 Å². The standard InChI is InChI=1S/C18H22FN3O/c1-3-15(23-17-7-5-4-6-16(17)19)12-21-18(20)22-14-10-8-13(2)9-11-14/h4-11,15H,3,12H2,1-2H3,(H3,20,21,22). The molecule has 1 unspecified atom stereocenters.